The van der Waals surface area contributed by atoms with E-state index in [1.807, 2.05) is 50.2 Å². The number of nitrogens with zero attached hydrogens (tertiary/aromatic N) is 3. The van der Waals surface area contributed by atoms with Gasteiger partial charge in [0.15, 0.2) is 0 Å². The minimum atomic E-state index is -0.186. The van der Waals surface area contributed by atoms with Crippen molar-refractivity contribution in [2.24, 2.45) is 0 Å². The maximum atomic E-state index is 13.1. The highest BCUT2D eigenvalue weighted by Gasteiger charge is 2.19. The van der Waals surface area contributed by atoms with Crippen LogP contribution in [0.25, 0.3) is 0 Å². The van der Waals surface area contributed by atoms with Gasteiger partial charge in [-0.2, -0.15) is 0 Å². The molecule has 7 nitrogen and oxygen atoms in total. The molecule has 0 fully saturated rings. The number of anilines is 3. The van der Waals surface area contributed by atoms with Crippen LogP contribution in [0.15, 0.2) is 54.6 Å². The number of rotatable bonds is 7. The summed E-state index contributed by atoms with van der Waals surface area (Å²) in [5, 5.41) is 3.13. The Morgan fingerprint density at radius 3 is 2.45 bits per heavy atom. The van der Waals surface area contributed by atoms with Gasteiger partial charge in [0.25, 0.3) is 5.91 Å². The Balaban J connectivity index is 1.91. The summed E-state index contributed by atoms with van der Waals surface area (Å²) in [6.07, 6.45) is 0. The van der Waals surface area contributed by atoms with Gasteiger partial charge in [-0.3, -0.25) is 4.79 Å². The van der Waals surface area contributed by atoms with Gasteiger partial charge in [0.1, 0.15) is 17.2 Å². The van der Waals surface area contributed by atoms with Crippen LogP contribution in [0.4, 0.5) is 17.3 Å². The molecule has 0 spiro atoms. The molecule has 0 aliphatic rings. The minimum Gasteiger partial charge on any atom is -0.497 e. The third-order valence-electron chi connectivity index (χ3n) is 4.36. The number of carbonyl (C=O) groups excluding carboxylic acids is 1. The number of carbonyl (C=O) groups is 1. The fraction of sp³-hybridized carbons (Fsp3) is 0.227. The lowest BCUT2D eigenvalue weighted by Gasteiger charge is -2.21. The molecular formula is C22H24N4O3. The van der Waals surface area contributed by atoms with Crippen molar-refractivity contribution in [3.63, 3.8) is 0 Å². The van der Waals surface area contributed by atoms with Crippen LogP contribution in [0, 0.1) is 6.92 Å². The monoisotopic (exact) mass is 392 g/mol. The third kappa shape index (κ3) is 4.63. The molecule has 150 valence electrons. The second-order valence-electron chi connectivity index (χ2n) is 6.29. The minimum absolute atomic E-state index is 0.186. The zero-order valence-corrected chi connectivity index (χ0v) is 17.0. The third-order valence-corrected chi connectivity index (χ3v) is 4.36. The molecule has 7 heteroatoms. The molecule has 3 aromatic rings. The first-order chi connectivity index (χ1) is 14.0. The molecule has 29 heavy (non-hydrogen) atoms. The molecule has 2 aromatic carbocycles. The van der Waals surface area contributed by atoms with Gasteiger partial charge in [0, 0.05) is 24.0 Å². The number of amides is 1. The topological polar surface area (TPSA) is 76.6 Å². The van der Waals surface area contributed by atoms with Gasteiger partial charge in [0.05, 0.1) is 19.9 Å². The first kappa shape index (κ1) is 20.1. The Hall–Kier alpha value is -3.61. The van der Waals surface area contributed by atoms with E-state index in [1.165, 1.54) is 0 Å². The molecule has 0 unspecified atom stereocenters. The van der Waals surface area contributed by atoms with Gasteiger partial charge in [-0.15, -0.1) is 0 Å². The number of benzene rings is 2. The lowest BCUT2D eigenvalue weighted by Crippen LogP contribution is -2.31. The van der Waals surface area contributed by atoms with Gasteiger partial charge in [0.2, 0.25) is 5.95 Å². The van der Waals surface area contributed by atoms with Crippen LogP contribution < -0.4 is 19.7 Å². The van der Waals surface area contributed by atoms with E-state index < -0.39 is 0 Å². The summed E-state index contributed by atoms with van der Waals surface area (Å²) in [6, 6.07) is 16.6. The van der Waals surface area contributed by atoms with Crippen LogP contribution >= 0.6 is 0 Å². The van der Waals surface area contributed by atoms with E-state index in [9.17, 15) is 4.79 Å². The Labute approximate surface area is 170 Å². The fourth-order valence-corrected chi connectivity index (χ4v) is 2.95. The summed E-state index contributed by atoms with van der Waals surface area (Å²) in [5.74, 6) is 1.39. The first-order valence-electron chi connectivity index (χ1n) is 9.27. The molecular weight excluding hydrogens is 368 g/mol. The zero-order valence-electron chi connectivity index (χ0n) is 17.0. The van der Waals surface area contributed by atoms with Crippen LogP contribution in [0.2, 0.25) is 0 Å². The number of hydrogen-bond donors (Lipinski definition) is 1. The summed E-state index contributed by atoms with van der Waals surface area (Å²) >= 11 is 0. The van der Waals surface area contributed by atoms with E-state index in [1.54, 1.807) is 37.3 Å². The maximum Gasteiger partial charge on any atom is 0.277 e. The molecule has 0 saturated heterocycles. The number of hydrogen-bond acceptors (Lipinski definition) is 6. The Morgan fingerprint density at radius 1 is 1.03 bits per heavy atom. The Kier molecular flexibility index (Phi) is 6.29. The molecule has 0 aliphatic heterocycles. The fourth-order valence-electron chi connectivity index (χ4n) is 2.95. The lowest BCUT2D eigenvalue weighted by atomic mass is 10.2. The van der Waals surface area contributed by atoms with Gasteiger partial charge in [-0.25, -0.2) is 9.97 Å². The van der Waals surface area contributed by atoms with Crippen LogP contribution in [-0.2, 0) is 0 Å². The van der Waals surface area contributed by atoms with Crippen molar-refractivity contribution < 1.29 is 14.3 Å². The van der Waals surface area contributed by atoms with Crippen molar-refractivity contribution in [1.82, 2.24) is 9.97 Å². The van der Waals surface area contributed by atoms with Crippen molar-refractivity contribution in [1.29, 1.82) is 0 Å². The van der Waals surface area contributed by atoms with Gasteiger partial charge >= 0.3 is 0 Å². The highest BCUT2D eigenvalue weighted by atomic mass is 16.5. The van der Waals surface area contributed by atoms with Crippen molar-refractivity contribution in [3.8, 4) is 11.5 Å². The molecule has 1 amide bonds. The second kappa shape index (κ2) is 9.05. The number of para-hydroxylation sites is 1. The second-order valence-corrected chi connectivity index (χ2v) is 6.29. The average molecular weight is 392 g/mol. The molecule has 0 radical (unpaired) electrons. The van der Waals surface area contributed by atoms with Gasteiger partial charge in [-0.05, 0) is 44.2 Å². The van der Waals surface area contributed by atoms with Crippen LogP contribution in [0.1, 0.15) is 23.1 Å². The molecule has 1 N–H and O–H groups in total. The summed E-state index contributed by atoms with van der Waals surface area (Å²) in [7, 11) is 3.17. The van der Waals surface area contributed by atoms with E-state index in [2.05, 4.69) is 15.3 Å². The van der Waals surface area contributed by atoms with E-state index in [-0.39, 0.29) is 5.91 Å². The lowest BCUT2D eigenvalue weighted by molar-refractivity contribution is 0.0983. The molecule has 0 aliphatic carbocycles. The van der Waals surface area contributed by atoms with E-state index >= 15 is 0 Å². The number of nitrogens with one attached hydrogen (secondary N) is 1. The van der Waals surface area contributed by atoms with Crippen LogP contribution in [-0.4, -0.2) is 36.6 Å². The maximum absolute atomic E-state index is 13.1. The summed E-state index contributed by atoms with van der Waals surface area (Å²) in [5.41, 5.74) is 2.50. The van der Waals surface area contributed by atoms with Gasteiger partial charge in [-0.1, -0.05) is 18.2 Å². The molecule has 3 rings (SSSR count). The molecule has 0 bridgehead atoms. The van der Waals surface area contributed by atoms with Crippen LogP contribution in [0.5, 0.6) is 11.5 Å². The first-order valence-corrected chi connectivity index (χ1v) is 9.27. The predicted molar refractivity (Wildman–Crippen MR) is 113 cm³/mol. The van der Waals surface area contributed by atoms with E-state index in [0.717, 1.165) is 5.69 Å². The quantitative estimate of drug-likeness (QED) is 0.649. The van der Waals surface area contributed by atoms with Crippen molar-refractivity contribution in [2.75, 3.05) is 31.0 Å². The SMILES string of the molecule is CCN(C(=O)c1cc(C)nc(Nc2ccc(OC)cc2OC)n1)c1ccccc1. The molecule has 1 heterocycles. The van der Waals surface area contributed by atoms with E-state index in [0.29, 0.717) is 41.1 Å². The van der Waals surface area contributed by atoms with E-state index in [4.69, 9.17) is 9.47 Å². The van der Waals surface area contributed by atoms with Gasteiger partial charge < -0.3 is 19.7 Å². The van der Waals surface area contributed by atoms with Crippen molar-refractivity contribution in [3.05, 3.63) is 66.0 Å². The molecule has 0 atom stereocenters. The van der Waals surface area contributed by atoms with Crippen LogP contribution in [0.3, 0.4) is 0 Å². The normalized spacial score (nSPS) is 10.3. The number of ether oxygens (including phenoxy) is 2. The largest absolute Gasteiger partial charge is 0.497 e. The Bertz CT molecular complexity index is 993. The Morgan fingerprint density at radius 2 is 1.79 bits per heavy atom. The predicted octanol–water partition coefficient (Wildman–Crippen LogP) is 4.21. The van der Waals surface area contributed by atoms with Crippen molar-refractivity contribution in [2.45, 2.75) is 13.8 Å². The van der Waals surface area contributed by atoms with Crippen molar-refractivity contribution >= 4 is 23.2 Å². The number of aromatic nitrogens is 2. The number of methoxy groups -OCH3 is 2. The average Bonchev–Trinajstić information content (AvgIpc) is 2.74. The smallest absolute Gasteiger partial charge is 0.277 e. The number of aryl methyl sites for hydroxylation is 1. The summed E-state index contributed by atoms with van der Waals surface area (Å²) in [4.78, 5) is 23.6. The summed E-state index contributed by atoms with van der Waals surface area (Å²) in [6.45, 7) is 4.29. The standard InChI is InChI=1S/C22H24N4O3/c1-5-26(16-9-7-6-8-10-16)21(27)19-13-15(2)23-22(25-19)24-18-12-11-17(28-3)14-20(18)29-4/h6-14H,5H2,1-4H3,(H,23,24,25). The molecule has 0 saturated carbocycles. The molecule has 1 aromatic heterocycles. The zero-order chi connectivity index (χ0) is 20.8. The highest BCUT2D eigenvalue weighted by molar-refractivity contribution is 6.05. The summed E-state index contributed by atoms with van der Waals surface area (Å²) < 4.78 is 10.6. The highest BCUT2D eigenvalue weighted by Crippen LogP contribution is 2.30.